The number of nitrogens with two attached hydrogens (primary N) is 1. The van der Waals surface area contributed by atoms with Crippen molar-refractivity contribution in [1.82, 2.24) is 4.98 Å². The number of benzene rings is 1. The van der Waals surface area contributed by atoms with Gasteiger partial charge in [0.25, 0.3) is 0 Å². The minimum absolute atomic E-state index is 0. The zero-order chi connectivity index (χ0) is 10.2. The highest BCUT2D eigenvalue weighted by molar-refractivity contribution is 7.89. The van der Waals surface area contributed by atoms with E-state index >= 15 is 0 Å². The van der Waals surface area contributed by atoms with Crippen molar-refractivity contribution in [3.05, 3.63) is 36.7 Å². The Kier molecular flexibility index (Phi) is 3.28. The highest BCUT2D eigenvalue weighted by Gasteiger charge is 2.07. The van der Waals surface area contributed by atoms with Crippen LogP contribution < -0.4 is 5.14 Å². The second-order valence-electron chi connectivity index (χ2n) is 2.93. The first kappa shape index (κ1) is 11.9. The molecule has 6 heteroatoms. The second-order valence-corrected chi connectivity index (χ2v) is 4.49. The molecule has 1 aromatic carbocycles. The van der Waals surface area contributed by atoms with Crippen molar-refractivity contribution in [3.8, 4) is 0 Å². The molecule has 80 valence electrons. The lowest BCUT2D eigenvalue weighted by atomic mass is 10.2. The number of hydrogen-bond acceptors (Lipinski definition) is 3. The average molecular weight is 245 g/mol. The van der Waals surface area contributed by atoms with Gasteiger partial charge in [0, 0.05) is 17.8 Å². The molecule has 0 bridgehead atoms. The third-order valence-electron chi connectivity index (χ3n) is 1.94. The largest absolute Gasteiger partial charge is 0.264 e. The summed E-state index contributed by atoms with van der Waals surface area (Å²) in [4.78, 5) is 4.05. The Morgan fingerprint density at radius 3 is 2.53 bits per heavy atom. The van der Waals surface area contributed by atoms with Crippen molar-refractivity contribution in [2.45, 2.75) is 4.90 Å². The lowest BCUT2D eigenvalue weighted by molar-refractivity contribution is 0.598. The zero-order valence-electron chi connectivity index (χ0n) is 7.62. The van der Waals surface area contributed by atoms with Crippen LogP contribution in [0.1, 0.15) is 0 Å². The Labute approximate surface area is 93.6 Å². The van der Waals surface area contributed by atoms with E-state index in [1.54, 1.807) is 24.5 Å². The standard InChI is InChI=1S/C9H8N2O2S.ClH/c10-14(12,13)9-2-1-8-6-11-4-3-7(8)5-9;/h1-6H,(H2,10,12,13);1H. The molecule has 0 fully saturated rings. The highest BCUT2D eigenvalue weighted by Crippen LogP contribution is 2.16. The molecule has 0 unspecified atom stereocenters. The number of rotatable bonds is 1. The fraction of sp³-hybridized carbons (Fsp3) is 0. The topological polar surface area (TPSA) is 73.1 Å². The number of nitrogens with zero attached hydrogens (tertiary/aromatic N) is 1. The predicted octanol–water partition coefficient (Wildman–Crippen LogP) is 1.30. The number of halogens is 1. The van der Waals surface area contributed by atoms with E-state index in [-0.39, 0.29) is 17.3 Å². The van der Waals surface area contributed by atoms with Crippen molar-refractivity contribution in [1.29, 1.82) is 0 Å². The van der Waals surface area contributed by atoms with Crippen LogP contribution in [0, 0.1) is 0 Å². The molecule has 1 heterocycles. The van der Waals surface area contributed by atoms with Gasteiger partial charge in [0.15, 0.2) is 0 Å². The summed E-state index contributed by atoms with van der Waals surface area (Å²) in [6, 6.07) is 6.43. The molecule has 2 N–H and O–H groups in total. The lowest BCUT2D eigenvalue weighted by Gasteiger charge is -2.00. The van der Waals surface area contributed by atoms with Gasteiger partial charge in [-0.25, -0.2) is 13.6 Å². The maximum atomic E-state index is 11.0. The molecule has 0 saturated carbocycles. The molecule has 2 rings (SSSR count). The minimum Gasteiger partial charge on any atom is -0.264 e. The number of aromatic nitrogens is 1. The molecular weight excluding hydrogens is 236 g/mol. The first-order chi connectivity index (χ1) is 6.57. The van der Waals surface area contributed by atoms with Crippen molar-refractivity contribution >= 4 is 33.2 Å². The molecular formula is C9H9ClN2O2S. The summed E-state index contributed by atoms with van der Waals surface area (Å²) in [7, 11) is -3.61. The van der Waals surface area contributed by atoms with Crippen LogP contribution in [0.15, 0.2) is 41.6 Å². The van der Waals surface area contributed by atoms with Crippen LogP contribution in [-0.4, -0.2) is 13.4 Å². The third kappa shape index (κ3) is 2.44. The summed E-state index contributed by atoms with van der Waals surface area (Å²) in [6.45, 7) is 0. The Balaban J connectivity index is 0.00000112. The van der Waals surface area contributed by atoms with Gasteiger partial charge in [-0.3, -0.25) is 4.98 Å². The van der Waals surface area contributed by atoms with Gasteiger partial charge in [-0.15, -0.1) is 12.4 Å². The molecule has 2 aromatic rings. The SMILES string of the molecule is Cl.NS(=O)(=O)c1ccc2cnccc2c1. The van der Waals surface area contributed by atoms with E-state index in [0.29, 0.717) is 0 Å². The first-order valence-corrected chi connectivity index (χ1v) is 5.48. The molecule has 0 saturated heterocycles. The number of primary sulfonamides is 1. The van der Waals surface area contributed by atoms with Crippen molar-refractivity contribution < 1.29 is 8.42 Å². The Morgan fingerprint density at radius 1 is 1.13 bits per heavy atom. The molecule has 0 aliphatic rings. The number of pyridine rings is 1. The molecule has 0 atom stereocenters. The van der Waals surface area contributed by atoms with Crippen LogP contribution in [-0.2, 0) is 10.0 Å². The van der Waals surface area contributed by atoms with Crippen molar-refractivity contribution in [3.63, 3.8) is 0 Å². The van der Waals surface area contributed by atoms with E-state index in [1.807, 2.05) is 0 Å². The average Bonchev–Trinajstić information content (AvgIpc) is 2.16. The minimum atomic E-state index is -3.61. The molecule has 1 aromatic heterocycles. The van der Waals surface area contributed by atoms with E-state index in [4.69, 9.17) is 5.14 Å². The lowest BCUT2D eigenvalue weighted by Crippen LogP contribution is -2.11. The predicted molar refractivity (Wildman–Crippen MR) is 60.4 cm³/mol. The van der Waals surface area contributed by atoms with Crippen molar-refractivity contribution in [2.75, 3.05) is 0 Å². The van der Waals surface area contributed by atoms with Crippen LogP contribution in [0.2, 0.25) is 0 Å². The third-order valence-corrected chi connectivity index (χ3v) is 2.85. The van der Waals surface area contributed by atoms with Crippen LogP contribution in [0.5, 0.6) is 0 Å². The molecule has 0 aliphatic carbocycles. The van der Waals surface area contributed by atoms with Gasteiger partial charge in [-0.2, -0.15) is 0 Å². The van der Waals surface area contributed by atoms with Gasteiger partial charge in [-0.05, 0) is 23.6 Å². The Morgan fingerprint density at radius 2 is 1.87 bits per heavy atom. The second kappa shape index (κ2) is 4.14. The molecule has 0 aliphatic heterocycles. The van der Waals surface area contributed by atoms with Gasteiger partial charge in [0.1, 0.15) is 0 Å². The summed E-state index contributed by atoms with van der Waals surface area (Å²) >= 11 is 0. The normalized spacial score (nSPS) is 11.0. The molecule has 4 nitrogen and oxygen atoms in total. The Hall–Kier alpha value is -1.17. The van der Waals surface area contributed by atoms with E-state index in [2.05, 4.69) is 4.98 Å². The fourth-order valence-electron chi connectivity index (χ4n) is 1.24. The summed E-state index contributed by atoms with van der Waals surface area (Å²) in [5.74, 6) is 0. The van der Waals surface area contributed by atoms with Crippen LogP contribution in [0.3, 0.4) is 0 Å². The quantitative estimate of drug-likeness (QED) is 0.822. The molecule has 0 amide bonds. The summed E-state index contributed by atoms with van der Waals surface area (Å²) in [5, 5.41) is 6.70. The van der Waals surface area contributed by atoms with Gasteiger partial charge in [0.05, 0.1) is 4.90 Å². The molecule has 0 radical (unpaired) electrons. The maximum absolute atomic E-state index is 11.0. The van der Waals surface area contributed by atoms with Gasteiger partial charge in [-0.1, -0.05) is 6.07 Å². The van der Waals surface area contributed by atoms with E-state index in [9.17, 15) is 8.42 Å². The number of hydrogen-bond donors (Lipinski definition) is 1. The van der Waals surface area contributed by atoms with Crippen LogP contribution in [0.4, 0.5) is 0 Å². The molecule has 15 heavy (non-hydrogen) atoms. The fourth-order valence-corrected chi connectivity index (χ4v) is 1.79. The van der Waals surface area contributed by atoms with Gasteiger partial charge < -0.3 is 0 Å². The summed E-state index contributed by atoms with van der Waals surface area (Å²) in [5.41, 5.74) is 0. The first-order valence-electron chi connectivity index (χ1n) is 3.94. The zero-order valence-corrected chi connectivity index (χ0v) is 9.25. The van der Waals surface area contributed by atoms with E-state index in [1.165, 1.54) is 12.1 Å². The summed E-state index contributed by atoms with van der Waals surface area (Å²) < 4.78 is 22.1. The highest BCUT2D eigenvalue weighted by atomic mass is 35.5. The van der Waals surface area contributed by atoms with Gasteiger partial charge >= 0.3 is 0 Å². The van der Waals surface area contributed by atoms with Gasteiger partial charge in [0.2, 0.25) is 10.0 Å². The number of fused-ring (bicyclic) bond motifs is 1. The number of sulfonamides is 1. The Bertz CT molecular complexity index is 583. The van der Waals surface area contributed by atoms with E-state index in [0.717, 1.165) is 10.8 Å². The van der Waals surface area contributed by atoms with Crippen molar-refractivity contribution in [2.24, 2.45) is 5.14 Å². The van der Waals surface area contributed by atoms with E-state index < -0.39 is 10.0 Å². The summed E-state index contributed by atoms with van der Waals surface area (Å²) in [6.07, 6.45) is 3.28. The monoisotopic (exact) mass is 244 g/mol. The smallest absolute Gasteiger partial charge is 0.238 e. The maximum Gasteiger partial charge on any atom is 0.238 e. The van der Waals surface area contributed by atoms with Crippen LogP contribution in [0.25, 0.3) is 10.8 Å². The molecule has 0 spiro atoms. The van der Waals surface area contributed by atoms with Crippen LogP contribution >= 0.6 is 12.4 Å².